The van der Waals surface area contributed by atoms with Crippen LogP contribution in [0.1, 0.15) is 41.8 Å². The van der Waals surface area contributed by atoms with Crippen molar-refractivity contribution in [2.24, 2.45) is 0 Å². The van der Waals surface area contributed by atoms with Crippen molar-refractivity contribution in [3.05, 3.63) is 59.2 Å². The number of carbonyl (C=O) groups is 3. The lowest BCUT2D eigenvalue weighted by Crippen LogP contribution is -2.30. The third-order valence-corrected chi connectivity index (χ3v) is 5.61. The summed E-state index contributed by atoms with van der Waals surface area (Å²) in [6.07, 6.45) is 2.49. The predicted octanol–water partition coefficient (Wildman–Crippen LogP) is 4.04. The highest BCUT2D eigenvalue weighted by Gasteiger charge is 2.19. The topological polar surface area (TPSA) is 72.5 Å². The Balaban J connectivity index is 1.48. The van der Waals surface area contributed by atoms with Crippen LogP contribution in [-0.4, -0.2) is 29.5 Å². The Morgan fingerprint density at radius 1 is 1.11 bits per heavy atom. The Kier molecular flexibility index (Phi) is 6.52. The van der Waals surface area contributed by atoms with Gasteiger partial charge in [-0.3, -0.25) is 14.4 Å². The van der Waals surface area contributed by atoms with E-state index >= 15 is 0 Å². The van der Waals surface area contributed by atoms with E-state index in [9.17, 15) is 14.4 Å². The van der Waals surface area contributed by atoms with Gasteiger partial charge in [-0.05, 0) is 68.5 Å². The van der Waals surface area contributed by atoms with Gasteiger partial charge in [-0.25, -0.2) is 0 Å². The van der Waals surface area contributed by atoms with Crippen molar-refractivity contribution < 1.29 is 19.1 Å². The number of thioether (sulfide) groups is 1. The summed E-state index contributed by atoms with van der Waals surface area (Å²) in [5.74, 6) is -0.808. The lowest BCUT2D eigenvalue weighted by Gasteiger charge is -2.14. The summed E-state index contributed by atoms with van der Waals surface area (Å²) < 4.78 is 5.24. The van der Waals surface area contributed by atoms with Gasteiger partial charge < -0.3 is 10.1 Å². The zero-order valence-electron chi connectivity index (χ0n) is 16.0. The first-order valence-electron chi connectivity index (χ1n) is 9.28. The summed E-state index contributed by atoms with van der Waals surface area (Å²) in [5, 5.41) is 2.67. The van der Waals surface area contributed by atoms with Gasteiger partial charge in [0.1, 0.15) is 0 Å². The molecule has 1 atom stereocenters. The first kappa shape index (κ1) is 20.1. The first-order chi connectivity index (χ1) is 13.4. The van der Waals surface area contributed by atoms with Gasteiger partial charge in [0.15, 0.2) is 11.9 Å². The zero-order chi connectivity index (χ0) is 20.1. The van der Waals surface area contributed by atoms with Crippen LogP contribution in [0.15, 0.2) is 47.4 Å². The maximum absolute atomic E-state index is 12.3. The number of aryl methyl sites for hydroxylation is 2. The minimum Gasteiger partial charge on any atom is -0.452 e. The van der Waals surface area contributed by atoms with Gasteiger partial charge in [0.05, 0.1) is 5.75 Å². The lowest BCUT2D eigenvalue weighted by molar-refractivity contribution is -0.150. The van der Waals surface area contributed by atoms with Gasteiger partial charge in [-0.2, -0.15) is 0 Å². The second-order valence-corrected chi connectivity index (χ2v) is 7.88. The van der Waals surface area contributed by atoms with E-state index in [1.807, 2.05) is 6.07 Å². The van der Waals surface area contributed by atoms with Crippen molar-refractivity contribution in [1.82, 2.24) is 0 Å². The van der Waals surface area contributed by atoms with Gasteiger partial charge in [-0.1, -0.05) is 18.2 Å². The molecule has 0 unspecified atom stereocenters. The third-order valence-electron chi connectivity index (χ3n) is 4.64. The molecule has 1 amide bonds. The van der Waals surface area contributed by atoms with Crippen LogP contribution in [0.3, 0.4) is 0 Å². The monoisotopic (exact) mass is 397 g/mol. The molecule has 0 saturated carbocycles. The molecule has 1 aliphatic carbocycles. The standard InChI is InChI=1S/C22H23NO4S/c1-14(24)17-6-4-8-19(11-17)23-22(26)15(2)27-21(25)13-28-20-10-9-16-5-3-7-18(16)12-20/h4,6,8-12,15H,3,5,7,13H2,1-2H3,(H,23,26)/t15-/m0/s1. The normalized spacial score (nSPS) is 13.5. The van der Waals surface area contributed by atoms with Gasteiger partial charge in [0.25, 0.3) is 5.91 Å². The number of hydrogen-bond acceptors (Lipinski definition) is 5. The van der Waals surface area contributed by atoms with Crippen molar-refractivity contribution in [2.75, 3.05) is 11.1 Å². The number of hydrogen-bond donors (Lipinski definition) is 1. The molecule has 0 heterocycles. The molecule has 0 fully saturated rings. The van der Waals surface area contributed by atoms with E-state index in [1.54, 1.807) is 24.3 Å². The fourth-order valence-electron chi connectivity index (χ4n) is 3.12. The highest BCUT2D eigenvalue weighted by atomic mass is 32.2. The number of fused-ring (bicyclic) bond motifs is 1. The number of ketones is 1. The van der Waals surface area contributed by atoms with Crippen LogP contribution in [-0.2, 0) is 27.2 Å². The molecule has 3 rings (SSSR count). The van der Waals surface area contributed by atoms with Crippen LogP contribution in [0.25, 0.3) is 0 Å². The number of amides is 1. The fraction of sp³-hybridized carbons (Fsp3) is 0.318. The number of ether oxygens (including phenoxy) is 1. The second-order valence-electron chi connectivity index (χ2n) is 6.83. The number of benzene rings is 2. The van der Waals surface area contributed by atoms with Gasteiger partial charge >= 0.3 is 5.97 Å². The van der Waals surface area contributed by atoms with E-state index in [0.29, 0.717) is 11.3 Å². The molecular formula is C22H23NO4S. The van der Waals surface area contributed by atoms with Crippen molar-refractivity contribution in [3.63, 3.8) is 0 Å². The molecule has 1 N–H and O–H groups in total. The van der Waals surface area contributed by atoms with Gasteiger partial charge in [0, 0.05) is 16.1 Å². The van der Waals surface area contributed by atoms with E-state index < -0.39 is 18.0 Å². The minimum atomic E-state index is -0.922. The average Bonchev–Trinajstić information content (AvgIpc) is 3.14. The van der Waals surface area contributed by atoms with Gasteiger partial charge in [-0.15, -0.1) is 11.8 Å². The molecule has 1 aliphatic rings. The van der Waals surface area contributed by atoms with E-state index in [-0.39, 0.29) is 11.5 Å². The molecule has 0 radical (unpaired) electrons. The molecular weight excluding hydrogens is 374 g/mol. The number of anilines is 1. The summed E-state index contributed by atoms with van der Waals surface area (Å²) in [6, 6.07) is 12.9. The Morgan fingerprint density at radius 3 is 2.68 bits per heavy atom. The van der Waals surface area contributed by atoms with Crippen LogP contribution in [0.4, 0.5) is 5.69 Å². The zero-order valence-corrected chi connectivity index (χ0v) is 16.8. The number of Topliss-reactive ketones (excluding diaryl/α,β-unsaturated/α-hetero) is 1. The average molecular weight is 397 g/mol. The summed E-state index contributed by atoms with van der Waals surface area (Å²) in [7, 11) is 0. The summed E-state index contributed by atoms with van der Waals surface area (Å²) in [4.78, 5) is 36.8. The molecule has 2 aromatic rings. The molecule has 0 aliphatic heterocycles. The Labute approximate surface area is 168 Å². The summed E-state index contributed by atoms with van der Waals surface area (Å²) in [6.45, 7) is 2.99. The van der Waals surface area contributed by atoms with Crippen molar-refractivity contribution in [1.29, 1.82) is 0 Å². The quantitative estimate of drug-likeness (QED) is 0.434. The van der Waals surface area contributed by atoms with Crippen molar-refractivity contribution in [2.45, 2.75) is 44.1 Å². The molecule has 5 nitrogen and oxygen atoms in total. The van der Waals surface area contributed by atoms with Crippen LogP contribution in [0, 0.1) is 0 Å². The van der Waals surface area contributed by atoms with Crippen LogP contribution < -0.4 is 5.32 Å². The highest BCUT2D eigenvalue weighted by Crippen LogP contribution is 2.27. The molecule has 0 aromatic heterocycles. The molecule has 0 bridgehead atoms. The summed E-state index contributed by atoms with van der Waals surface area (Å²) >= 11 is 1.41. The highest BCUT2D eigenvalue weighted by molar-refractivity contribution is 8.00. The van der Waals surface area contributed by atoms with Crippen LogP contribution >= 0.6 is 11.8 Å². The number of esters is 1. The van der Waals surface area contributed by atoms with Gasteiger partial charge in [0.2, 0.25) is 0 Å². The van der Waals surface area contributed by atoms with E-state index in [2.05, 4.69) is 17.4 Å². The van der Waals surface area contributed by atoms with Crippen LogP contribution in [0.2, 0.25) is 0 Å². The molecule has 28 heavy (non-hydrogen) atoms. The largest absolute Gasteiger partial charge is 0.452 e. The smallest absolute Gasteiger partial charge is 0.317 e. The third kappa shape index (κ3) is 5.23. The number of carbonyl (C=O) groups excluding carboxylic acids is 3. The maximum Gasteiger partial charge on any atom is 0.317 e. The molecule has 2 aromatic carbocycles. The Morgan fingerprint density at radius 2 is 1.89 bits per heavy atom. The molecule has 6 heteroatoms. The van der Waals surface area contributed by atoms with Crippen molar-refractivity contribution in [3.8, 4) is 0 Å². The molecule has 146 valence electrons. The fourth-order valence-corrected chi connectivity index (χ4v) is 3.87. The second kappa shape index (κ2) is 9.06. The summed E-state index contributed by atoms with van der Waals surface area (Å²) in [5.41, 5.74) is 3.76. The number of rotatable bonds is 7. The van der Waals surface area contributed by atoms with E-state index in [4.69, 9.17) is 4.74 Å². The predicted molar refractivity (Wildman–Crippen MR) is 110 cm³/mol. The molecule has 0 spiro atoms. The Bertz CT molecular complexity index is 909. The first-order valence-corrected chi connectivity index (χ1v) is 10.3. The van der Waals surface area contributed by atoms with Crippen LogP contribution in [0.5, 0.6) is 0 Å². The maximum atomic E-state index is 12.3. The Hall–Kier alpha value is -2.60. The van der Waals surface area contributed by atoms with Crippen molar-refractivity contribution >= 4 is 35.1 Å². The molecule has 0 saturated heterocycles. The minimum absolute atomic E-state index is 0.0841. The lowest BCUT2D eigenvalue weighted by atomic mass is 10.1. The number of nitrogens with one attached hydrogen (secondary N) is 1. The van der Waals surface area contributed by atoms with E-state index in [1.165, 1.54) is 43.2 Å². The van der Waals surface area contributed by atoms with E-state index in [0.717, 1.165) is 17.7 Å². The SMILES string of the molecule is CC(=O)c1cccc(NC(=O)[C@H](C)OC(=O)CSc2ccc3c(c2)CCC3)c1.